The molecule has 18 heavy (non-hydrogen) atoms. The molecule has 2 aromatic rings. The molecule has 0 bridgehead atoms. The quantitative estimate of drug-likeness (QED) is 0.900. The third-order valence-corrected chi connectivity index (χ3v) is 3.60. The molecule has 1 aromatic carbocycles. The molecule has 0 amide bonds. The summed E-state index contributed by atoms with van der Waals surface area (Å²) in [5.41, 5.74) is 3.85. The minimum absolute atomic E-state index is 0.491. The number of aromatic nitrogens is 2. The number of rotatable bonds is 3. The van der Waals surface area contributed by atoms with Crippen LogP contribution in [-0.4, -0.2) is 17.2 Å². The van der Waals surface area contributed by atoms with Crippen LogP contribution in [0.2, 0.25) is 0 Å². The number of hydrogen-bond donors (Lipinski definition) is 1. The molecule has 4 heteroatoms. The van der Waals surface area contributed by atoms with Gasteiger partial charge in [0.05, 0.1) is 0 Å². The number of aryl methyl sites for hydroxylation is 2. The van der Waals surface area contributed by atoms with Gasteiger partial charge in [-0.05, 0) is 37.1 Å². The van der Waals surface area contributed by atoms with Gasteiger partial charge < -0.3 is 9.84 Å². The molecule has 3 rings (SSSR count). The average molecular weight is 243 g/mol. The topological polar surface area (TPSA) is 51.0 Å². The van der Waals surface area contributed by atoms with Gasteiger partial charge in [0.1, 0.15) is 0 Å². The lowest BCUT2D eigenvalue weighted by Crippen LogP contribution is -2.12. The van der Waals surface area contributed by atoms with Crippen molar-refractivity contribution in [3.63, 3.8) is 0 Å². The lowest BCUT2D eigenvalue weighted by atomic mass is 10.0. The van der Waals surface area contributed by atoms with Crippen molar-refractivity contribution in [2.45, 2.75) is 32.2 Å². The molecule has 0 spiro atoms. The summed E-state index contributed by atoms with van der Waals surface area (Å²) < 4.78 is 5.16. The molecule has 0 saturated carbocycles. The molecular formula is C14H17N3O. The Balaban J connectivity index is 1.95. The molecule has 1 unspecified atom stereocenters. The van der Waals surface area contributed by atoms with Crippen LogP contribution < -0.4 is 5.32 Å². The van der Waals surface area contributed by atoms with Crippen molar-refractivity contribution in [1.82, 2.24) is 15.5 Å². The van der Waals surface area contributed by atoms with Gasteiger partial charge in [-0.1, -0.05) is 24.2 Å². The Bertz CT molecular complexity index is 562. The van der Waals surface area contributed by atoms with E-state index in [0.29, 0.717) is 17.8 Å². The second-order valence-electron chi connectivity index (χ2n) is 4.66. The zero-order valence-corrected chi connectivity index (χ0v) is 10.7. The smallest absolute Gasteiger partial charge is 0.226 e. The summed E-state index contributed by atoms with van der Waals surface area (Å²) in [7, 11) is 2.01. The Morgan fingerprint density at radius 1 is 1.44 bits per heavy atom. The highest BCUT2D eigenvalue weighted by atomic mass is 16.5. The highest BCUT2D eigenvalue weighted by molar-refractivity contribution is 5.58. The van der Waals surface area contributed by atoms with Crippen molar-refractivity contribution in [2.75, 3.05) is 7.05 Å². The standard InChI is InChI=1S/C14H17N3O/c1-3-13-16-14(17-18-13)10-4-6-11-9(8-10)5-7-12(11)15-2/h4,6,8,12,15H,3,5,7H2,1-2H3. The van der Waals surface area contributed by atoms with E-state index in [9.17, 15) is 0 Å². The average Bonchev–Trinajstić information content (AvgIpc) is 3.04. The van der Waals surface area contributed by atoms with E-state index in [1.54, 1.807) is 0 Å². The molecule has 1 atom stereocenters. The van der Waals surface area contributed by atoms with Crippen molar-refractivity contribution in [2.24, 2.45) is 0 Å². The molecule has 1 heterocycles. The van der Waals surface area contributed by atoms with E-state index in [2.05, 4.69) is 33.7 Å². The van der Waals surface area contributed by atoms with E-state index >= 15 is 0 Å². The Kier molecular flexibility index (Phi) is 2.88. The number of hydrogen-bond acceptors (Lipinski definition) is 4. The van der Waals surface area contributed by atoms with Gasteiger partial charge >= 0.3 is 0 Å². The fourth-order valence-corrected chi connectivity index (χ4v) is 2.57. The van der Waals surface area contributed by atoms with E-state index in [1.165, 1.54) is 17.5 Å². The van der Waals surface area contributed by atoms with E-state index in [-0.39, 0.29) is 0 Å². The normalized spacial score (nSPS) is 18.0. The predicted molar refractivity (Wildman–Crippen MR) is 69.2 cm³/mol. The van der Waals surface area contributed by atoms with Gasteiger partial charge in [-0.15, -0.1) is 0 Å². The van der Waals surface area contributed by atoms with E-state index in [0.717, 1.165) is 18.4 Å². The van der Waals surface area contributed by atoms with Crippen molar-refractivity contribution in [3.8, 4) is 11.4 Å². The fourth-order valence-electron chi connectivity index (χ4n) is 2.57. The van der Waals surface area contributed by atoms with Crippen LogP contribution in [0.15, 0.2) is 22.7 Å². The Labute approximate surface area is 106 Å². The molecule has 0 aliphatic heterocycles. The lowest BCUT2D eigenvalue weighted by molar-refractivity contribution is 0.383. The summed E-state index contributed by atoms with van der Waals surface area (Å²) in [6, 6.07) is 6.95. The highest BCUT2D eigenvalue weighted by Crippen LogP contribution is 2.33. The maximum Gasteiger partial charge on any atom is 0.226 e. The molecule has 0 saturated heterocycles. The maximum atomic E-state index is 5.16. The Morgan fingerprint density at radius 3 is 3.06 bits per heavy atom. The lowest BCUT2D eigenvalue weighted by Gasteiger charge is -2.09. The van der Waals surface area contributed by atoms with Crippen LogP contribution in [0.25, 0.3) is 11.4 Å². The van der Waals surface area contributed by atoms with Crippen LogP contribution in [0.1, 0.15) is 36.4 Å². The molecule has 4 nitrogen and oxygen atoms in total. The first kappa shape index (κ1) is 11.4. The van der Waals surface area contributed by atoms with Crippen LogP contribution in [0.3, 0.4) is 0 Å². The second-order valence-corrected chi connectivity index (χ2v) is 4.66. The van der Waals surface area contributed by atoms with Gasteiger partial charge in [0.15, 0.2) is 0 Å². The molecule has 1 aromatic heterocycles. The van der Waals surface area contributed by atoms with Gasteiger partial charge in [-0.25, -0.2) is 0 Å². The summed E-state index contributed by atoms with van der Waals surface area (Å²) in [5, 5.41) is 7.36. The first-order valence-corrected chi connectivity index (χ1v) is 6.45. The zero-order valence-electron chi connectivity index (χ0n) is 10.7. The largest absolute Gasteiger partial charge is 0.339 e. The molecule has 0 fully saturated rings. The number of nitrogens with zero attached hydrogens (tertiary/aromatic N) is 2. The zero-order chi connectivity index (χ0) is 12.5. The molecular weight excluding hydrogens is 226 g/mol. The van der Waals surface area contributed by atoms with Crippen LogP contribution >= 0.6 is 0 Å². The van der Waals surface area contributed by atoms with Gasteiger partial charge in [-0.2, -0.15) is 4.98 Å². The van der Waals surface area contributed by atoms with E-state index < -0.39 is 0 Å². The molecule has 1 N–H and O–H groups in total. The monoisotopic (exact) mass is 243 g/mol. The number of fused-ring (bicyclic) bond motifs is 1. The van der Waals surface area contributed by atoms with Crippen LogP contribution in [0, 0.1) is 0 Å². The molecule has 1 aliphatic carbocycles. The van der Waals surface area contributed by atoms with Gasteiger partial charge in [0.2, 0.25) is 11.7 Å². The van der Waals surface area contributed by atoms with E-state index in [4.69, 9.17) is 4.52 Å². The summed E-state index contributed by atoms with van der Waals surface area (Å²) in [6.45, 7) is 2.01. The number of benzene rings is 1. The highest BCUT2D eigenvalue weighted by Gasteiger charge is 2.21. The van der Waals surface area contributed by atoms with Crippen molar-refractivity contribution >= 4 is 0 Å². The first-order valence-electron chi connectivity index (χ1n) is 6.45. The Hall–Kier alpha value is -1.68. The second kappa shape index (κ2) is 4.53. The third kappa shape index (κ3) is 1.82. The third-order valence-electron chi connectivity index (χ3n) is 3.60. The van der Waals surface area contributed by atoms with Crippen molar-refractivity contribution < 1.29 is 4.52 Å². The van der Waals surface area contributed by atoms with Gasteiger partial charge in [0.25, 0.3) is 0 Å². The van der Waals surface area contributed by atoms with E-state index in [1.807, 2.05) is 14.0 Å². The summed E-state index contributed by atoms with van der Waals surface area (Å²) in [5.74, 6) is 1.39. The molecule has 94 valence electrons. The molecule has 0 radical (unpaired) electrons. The van der Waals surface area contributed by atoms with Gasteiger partial charge in [-0.3, -0.25) is 0 Å². The fraction of sp³-hybridized carbons (Fsp3) is 0.429. The minimum Gasteiger partial charge on any atom is -0.339 e. The number of nitrogens with one attached hydrogen (secondary N) is 1. The minimum atomic E-state index is 0.491. The molecule has 1 aliphatic rings. The van der Waals surface area contributed by atoms with Crippen LogP contribution in [0.5, 0.6) is 0 Å². The SMILES string of the molecule is CCc1nc(-c2ccc3c(c2)CCC3NC)no1. The van der Waals surface area contributed by atoms with Crippen LogP contribution in [-0.2, 0) is 12.8 Å². The van der Waals surface area contributed by atoms with Crippen LogP contribution in [0.4, 0.5) is 0 Å². The van der Waals surface area contributed by atoms with Crippen molar-refractivity contribution in [3.05, 3.63) is 35.2 Å². The van der Waals surface area contributed by atoms with Crippen molar-refractivity contribution in [1.29, 1.82) is 0 Å². The summed E-state index contributed by atoms with van der Waals surface area (Å²) >= 11 is 0. The first-order chi connectivity index (χ1) is 8.81. The predicted octanol–water partition coefficient (Wildman–Crippen LogP) is 2.51. The maximum absolute atomic E-state index is 5.16. The summed E-state index contributed by atoms with van der Waals surface area (Å²) in [6.07, 6.45) is 3.06. The summed E-state index contributed by atoms with van der Waals surface area (Å²) in [4.78, 5) is 4.37. The Morgan fingerprint density at radius 2 is 2.33 bits per heavy atom. The van der Waals surface area contributed by atoms with Gasteiger partial charge in [0, 0.05) is 18.0 Å².